The molecule has 0 saturated heterocycles. The molecule has 1 rings (SSSR count). The monoisotopic (exact) mass is 333 g/mol. The van der Waals surface area contributed by atoms with Crippen LogP contribution in [0.1, 0.15) is 37.0 Å². The third-order valence-corrected chi connectivity index (χ3v) is 3.91. The van der Waals surface area contributed by atoms with Gasteiger partial charge in [0.15, 0.2) is 5.41 Å². The number of carboxylic acid groups (broad SMARTS) is 1. The number of carbonyl (C=O) groups is 3. The number of carboxylic acids is 1. The van der Waals surface area contributed by atoms with Crippen LogP contribution in [0.4, 0.5) is 0 Å². The first-order valence-corrected chi connectivity index (χ1v) is 6.85. The van der Waals surface area contributed by atoms with E-state index in [9.17, 15) is 19.5 Å². The van der Waals surface area contributed by atoms with Crippen molar-refractivity contribution in [2.75, 3.05) is 0 Å². The third kappa shape index (κ3) is 3.51. The maximum atomic E-state index is 12.0. The van der Waals surface area contributed by atoms with Crippen molar-refractivity contribution in [2.45, 2.75) is 26.7 Å². The zero-order chi connectivity index (χ0) is 16.2. The van der Waals surface area contributed by atoms with E-state index >= 15 is 0 Å². The molecule has 1 heterocycles. The Balaban J connectivity index is 2.98. The van der Waals surface area contributed by atoms with Crippen LogP contribution in [-0.4, -0.2) is 28.0 Å². The Morgan fingerprint density at radius 2 is 1.86 bits per heavy atom. The number of hydrogen-bond acceptors (Lipinski definition) is 5. The predicted octanol–water partition coefficient (Wildman–Crippen LogP) is 2.96. The third-order valence-electron chi connectivity index (χ3n) is 3.22. The predicted molar refractivity (Wildman–Crippen MR) is 75.3 cm³/mol. The van der Waals surface area contributed by atoms with Crippen molar-refractivity contribution < 1.29 is 24.2 Å². The van der Waals surface area contributed by atoms with Gasteiger partial charge < -0.3 is 9.84 Å². The molecular formula is C13H13Cl2NO5. The minimum Gasteiger partial charge on any atom is -0.480 e. The summed E-state index contributed by atoms with van der Waals surface area (Å²) in [5, 5.41) is 9.22. The van der Waals surface area contributed by atoms with Crippen LogP contribution in [0.5, 0.6) is 0 Å². The molecule has 114 valence electrons. The second-order valence-corrected chi connectivity index (χ2v) is 5.03. The molecular weight excluding hydrogens is 321 g/mol. The molecule has 0 aliphatic heterocycles. The number of halogens is 2. The Kier molecular flexibility index (Phi) is 5.69. The van der Waals surface area contributed by atoms with E-state index in [0.717, 1.165) is 6.20 Å². The van der Waals surface area contributed by atoms with E-state index < -0.39 is 23.3 Å². The molecule has 21 heavy (non-hydrogen) atoms. The number of aliphatic carboxylic acids is 1. The quantitative estimate of drug-likeness (QED) is 0.505. The highest BCUT2D eigenvalue weighted by Gasteiger charge is 2.45. The summed E-state index contributed by atoms with van der Waals surface area (Å²) in [6.45, 7) is 3.06. The van der Waals surface area contributed by atoms with Gasteiger partial charge in [0.2, 0.25) is 0 Å². The Bertz CT molecular complexity index is 584. The van der Waals surface area contributed by atoms with E-state index in [4.69, 9.17) is 23.2 Å². The molecule has 0 amide bonds. The number of hydrogen-bond donors (Lipinski definition) is 1. The van der Waals surface area contributed by atoms with Crippen LogP contribution >= 0.6 is 23.2 Å². The SMILES string of the molecule is CCC(CC)(C(=O)O)C(=O)OC(=O)c1cnc(Cl)c(Cl)c1. The van der Waals surface area contributed by atoms with Gasteiger partial charge in [-0.25, -0.2) is 9.78 Å². The summed E-state index contributed by atoms with van der Waals surface area (Å²) < 4.78 is 4.64. The Morgan fingerprint density at radius 1 is 1.29 bits per heavy atom. The van der Waals surface area contributed by atoms with Crippen LogP contribution < -0.4 is 0 Å². The number of nitrogens with zero attached hydrogens (tertiary/aromatic N) is 1. The molecule has 0 spiro atoms. The molecule has 0 radical (unpaired) electrons. The van der Waals surface area contributed by atoms with Crippen LogP contribution in [-0.2, 0) is 14.3 Å². The minimum atomic E-state index is -1.75. The minimum absolute atomic E-state index is 0.00143. The second-order valence-electron chi connectivity index (χ2n) is 4.27. The summed E-state index contributed by atoms with van der Waals surface area (Å²) in [7, 11) is 0. The van der Waals surface area contributed by atoms with E-state index in [1.54, 1.807) is 0 Å². The lowest BCUT2D eigenvalue weighted by atomic mass is 9.82. The summed E-state index contributed by atoms with van der Waals surface area (Å²) in [5.74, 6) is -3.48. The first kappa shape index (κ1) is 17.4. The van der Waals surface area contributed by atoms with E-state index in [-0.39, 0.29) is 28.6 Å². The van der Waals surface area contributed by atoms with E-state index in [0.29, 0.717) is 0 Å². The van der Waals surface area contributed by atoms with Crippen molar-refractivity contribution in [3.05, 3.63) is 28.0 Å². The van der Waals surface area contributed by atoms with Crippen molar-refractivity contribution in [1.29, 1.82) is 0 Å². The molecule has 0 saturated carbocycles. The molecule has 1 aromatic rings. The summed E-state index contributed by atoms with van der Waals surface area (Å²) >= 11 is 11.3. The fraction of sp³-hybridized carbons (Fsp3) is 0.385. The lowest BCUT2D eigenvalue weighted by Crippen LogP contribution is -2.40. The first-order chi connectivity index (χ1) is 9.78. The standard InChI is InChI=1S/C13H13Cl2NO5/c1-3-13(4-2,11(18)19)12(20)21-10(17)7-5-8(14)9(15)16-6-7/h5-6H,3-4H2,1-2H3,(H,18,19). The van der Waals surface area contributed by atoms with Gasteiger partial charge >= 0.3 is 17.9 Å². The van der Waals surface area contributed by atoms with Crippen LogP contribution in [0.3, 0.4) is 0 Å². The number of ether oxygens (including phenoxy) is 1. The number of carbonyl (C=O) groups excluding carboxylic acids is 2. The maximum Gasteiger partial charge on any atom is 0.347 e. The van der Waals surface area contributed by atoms with Gasteiger partial charge in [-0.3, -0.25) is 9.59 Å². The number of esters is 2. The summed E-state index contributed by atoms with van der Waals surface area (Å²) in [5.41, 5.74) is -1.84. The first-order valence-electron chi connectivity index (χ1n) is 6.09. The lowest BCUT2D eigenvalue weighted by Gasteiger charge is -2.23. The molecule has 0 bridgehead atoms. The highest BCUT2D eigenvalue weighted by molar-refractivity contribution is 6.41. The Hall–Kier alpha value is -1.66. The number of aromatic nitrogens is 1. The van der Waals surface area contributed by atoms with Crippen LogP contribution in [0.2, 0.25) is 10.2 Å². The molecule has 0 aromatic carbocycles. The maximum absolute atomic E-state index is 12.0. The number of pyridine rings is 1. The molecule has 6 nitrogen and oxygen atoms in total. The van der Waals surface area contributed by atoms with Gasteiger partial charge in [-0.1, -0.05) is 37.0 Å². The largest absolute Gasteiger partial charge is 0.480 e. The highest BCUT2D eigenvalue weighted by atomic mass is 35.5. The van der Waals surface area contributed by atoms with Crippen molar-refractivity contribution in [2.24, 2.45) is 5.41 Å². The van der Waals surface area contributed by atoms with Gasteiger partial charge in [0.25, 0.3) is 0 Å². The molecule has 0 fully saturated rings. The lowest BCUT2D eigenvalue weighted by molar-refractivity contribution is -0.165. The fourth-order valence-electron chi connectivity index (χ4n) is 1.70. The van der Waals surface area contributed by atoms with Crippen molar-refractivity contribution in [3.63, 3.8) is 0 Å². The van der Waals surface area contributed by atoms with Gasteiger partial charge in [-0.15, -0.1) is 0 Å². The van der Waals surface area contributed by atoms with E-state index in [1.807, 2.05) is 0 Å². The van der Waals surface area contributed by atoms with Crippen molar-refractivity contribution in [1.82, 2.24) is 4.98 Å². The zero-order valence-corrected chi connectivity index (χ0v) is 12.9. The van der Waals surface area contributed by atoms with Crippen molar-refractivity contribution in [3.8, 4) is 0 Å². The molecule has 1 aromatic heterocycles. The topological polar surface area (TPSA) is 93.6 Å². The van der Waals surface area contributed by atoms with Gasteiger partial charge in [-0.2, -0.15) is 0 Å². The second kappa shape index (κ2) is 6.87. The summed E-state index contributed by atoms with van der Waals surface area (Å²) in [6, 6.07) is 1.19. The molecule has 0 aliphatic rings. The van der Waals surface area contributed by atoms with Crippen LogP contribution in [0.25, 0.3) is 0 Å². The molecule has 8 heteroatoms. The van der Waals surface area contributed by atoms with Gasteiger partial charge in [0, 0.05) is 6.20 Å². The Labute approximate surface area is 131 Å². The summed E-state index contributed by atoms with van der Waals surface area (Å²) in [6.07, 6.45) is 1.10. The average Bonchev–Trinajstić information content (AvgIpc) is 2.43. The Morgan fingerprint density at radius 3 is 2.29 bits per heavy atom. The smallest absolute Gasteiger partial charge is 0.347 e. The highest BCUT2D eigenvalue weighted by Crippen LogP contribution is 2.29. The van der Waals surface area contributed by atoms with Crippen LogP contribution in [0.15, 0.2) is 12.3 Å². The van der Waals surface area contributed by atoms with Gasteiger partial charge in [-0.05, 0) is 18.9 Å². The van der Waals surface area contributed by atoms with Crippen molar-refractivity contribution >= 4 is 41.1 Å². The average molecular weight is 334 g/mol. The fourth-order valence-corrected chi connectivity index (χ4v) is 1.97. The molecule has 0 aliphatic carbocycles. The van der Waals surface area contributed by atoms with Gasteiger partial charge in [0.1, 0.15) is 5.15 Å². The van der Waals surface area contributed by atoms with E-state index in [1.165, 1.54) is 19.9 Å². The number of rotatable bonds is 5. The zero-order valence-electron chi connectivity index (χ0n) is 11.4. The molecule has 1 N–H and O–H groups in total. The summed E-state index contributed by atoms with van der Waals surface area (Å²) in [4.78, 5) is 38.8. The van der Waals surface area contributed by atoms with Crippen LogP contribution in [0, 0.1) is 5.41 Å². The molecule has 0 atom stereocenters. The van der Waals surface area contributed by atoms with E-state index in [2.05, 4.69) is 9.72 Å². The molecule has 0 unspecified atom stereocenters. The normalized spacial score (nSPS) is 11.0. The van der Waals surface area contributed by atoms with Gasteiger partial charge in [0.05, 0.1) is 10.6 Å².